The van der Waals surface area contributed by atoms with Gasteiger partial charge in [0.25, 0.3) is 0 Å². The maximum absolute atomic E-state index is 13.1. The van der Waals surface area contributed by atoms with Crippen LogP contribution in [-0.2, 0) is 26.1 Å². The van der Waals surface area contributed by atoms with Crippen LogP contribution in [-0.4, -0.2) is 54.9 Å². The number of hydrogen-bond acceptors (Lipinski definition) is 6. The Balaban J connectivity index is 1.55. The van der Waals surface area contributed by atoms with Crippen LogP contribution in [0.25, 0.3) is 0 Å². The average Bonchev–Trinajstić information content (AvgIpc) is 3.13. The van der Waals surface area contributed by atoms with Crippen molar-refractivity contribution >= 4 is 15.9 Å². The third kappa shape index (κ3) is 4.03. The first kappa shape index (κ1) is 19.9. The van der Waals surface area contributed by atoms with Crippen LogP contribution in [0.5, 0.6) is 0 Å². The molecule has 2 aliphatic heterocycles. The largest absolute Gasteiger partial charge is 0.381 e. The van der Waals surface area contributed by atoms with E-state index in [1.54, 1.807) is 18.5 Å². The van der Waals surface area contributed by atoms with Gasteiger partial charge >= 0.3 is 0 Å². The van der Waals surface area contributed by atoms with Crippen molar-refractivity contribution in [3.8, 4) is 0 Å². The fourth-order valence-corrected chi connectivity index (χ4v) is 5.73. The number of pyridine rings is 2. The van der Waals surface area contributed by atoms with Gasteiger partial charge in [-0.25, -0.2) is 8.42 Å². The zero-order valence-corrected chi connectivity index (χ0v) is 16.8. The van der Waals surface area contributed by atoms with Crippen LogP contribution >= 0.6 is 0 Å². The van der Waals surface area contributed by atoms with Crippen LogP contribution in [0.1, 0.15) is 18.4 Å². The van der Waals surface area contributed by atoms with E-state index in [4.69, 9.17) is 4.74 Å². The number of hydrogen-bond donors (Lipinski definition) is 1. The number of carbonyl (C=O) groups excluding carboxylic acids is 1. The number of aromatic nitrogens is 2. The summed E-state index contributed by atoms with van der Waals surface area (Å²) in [5.41, 5.74) is 0.544. The molecule has 0 aromatic carbocycles. The van der Waals surface area contributed by atoms with Gasteiger partial charge in [-0.05, 0) is 42.7 Å². The molecule has 8 nitrogen and oxygen atoms in total. The molecule has 1 atom stereocenters. The topological polar surface area (TPSA) is 101 Å². The molecule has 4 heterocycles. The fourth-order valence-electron chi connectivity index (χ4n) is 4.21. The Morgan fingerprint density at radius 2 is 1.93 bits per heavy atom. The predicted octanol–water partition coefficient (Wildman–Crippen LogP) is 1.21. The third-order valence-electron chi connectivity index (χ3n) is 5.91. The van der Waals surface area contributed by atoms with Gasteiger partial charge in [0.2, 0.25) is 15.9 Å². The third-order valence-corrected chi connectivity index (χ3v) is 7.71. The quantitative estimate of drug-likeness (QED) is 0.786. The summed E-state index contributed by atoms with van der Waals surface area (Å²) >= 11 is 0. The van der Waals surface area contributed by atoms with Crippen LogP contribution in [0.15, 0.2) is 53.9 Å². The van der Waals surface area contributed by atoms with Gasteiger partial charge in [0.1, 0.15) is 4.90 Å². The summed E-state index contributed by atoms with van der Waals surface area (Å²) in [6.45, 7) is 1.95. The smallest absolute Gasteiger partial charge is 0.244 e. The van der Waals surface area contributed by atoms with E-state index in [0.29, 0.717) is 39.1 Å². The van der Waals surface area contributed by atoms with Crippen LogP contribution in [0.3, 0.4) is 0 Å². The molecule has 2 aliphatic rings. The molecule has 0 radical (unpaired) electrons. The summed E-state index contributed by atoms with van der Waals surface area (Å²) < 4.78 is 33.2. The van der Waals surface area contributed by atoms with E-state index < -0.39 is 21.4 Å². The Bertz CT molecular complexity index is 947. The summed E-state index contributed by atoms with van der Waals surface area (Å²) in [6.07, 6.45) is 7.58. The van der Waals surface area contributed by atoms with Crippen LogP contribution in [0.2, 0.25) is 0 Å². The molecule has 2 aromatic rings. The Kier molecular flexibility index (Phi) is 5.62. The van der Waals surface area contributed by atoms with E-state index in [1.165, 1.54) is 22.8 Å². The molecule has 1 unspecified atom stereocenters. The van der Waals surface area contributed by atoms with Crippen molar-refractivity contribution in [2.45, 2.75) is 24.3 Å². The van der Waals surface area contributed by atoms with Gasteiger partial charge in [-0.3, -0.25) is 14.8 Å². The fraction of sp³-hybridized carbons (Fsp3) is 0.450. The zero-order valence-electron chi connectivity index (χ0n) is 16.0. The molecule has 154 valence electrons. The Hall–Kier alpha value is -2.36. The van der Waals surface area contributed by atoms with E-state index in [0.717, 1.165) is 5.56 Å². The molecule has 0 saturated carbocycles. The van der Waals surface area contributed by atoms with E-state index in [2.05, 4.69) is 15.3 Å². The highest BCUT2D eigenvalue weighted by molar-refractivity contribution is 7.89. The summed E-state index contributed by atoms with van der Waals surface area (Å²) in [5, 5.41) is 2.98. The molecule has 4 rings (SSSR count). The van der Waals surface area contributed by atoms with E-state index in [1.807, 2.05) is 12.1 Å². The van der Waals surface area contributed by atoms with Gasteiger partial charge in [0.05, 0.1) is 5.92 Å². The lowest BCUT2D eigenvalue weighted by Crippen LogP contribution is -2.44. The van der Waals surface area contributed by atoms with Crippen molar-refractivity contribution in [1.82, 2.24) is 19.6 Å². The first-order valence-electron chi connectivity index (χ1n) is 9.66. The molecule has 9 heteroatoms. The normalized spacial score (nSPS) is 21.9. The molecule has 0 aliphatic carbocycles. The minimum Gasteiger partial charge on any atom is -0.381 e. The first-order valence-corrected chi connectivity index (χ1v) is 11.1. The number of sulfonamides is 1. The summed E-state index contributed by atoms with van der Waals surface area (Å²) in [4.78, 5) is 21.2. The standard InChI is InChI=1S/C20H24N4O4S/c25-19(23-12-16-3-8-21-9-4-16)18-14-24(15-20(18)5-10-28-11-6-20)29(26,27)17-2-1-7-22-13-17/h1-4,7-9,13,18H,5-6,10-12,14-15H2,(H,23,25). The van der Waals surface area contributed by atoms with Crippen molar-refractivity contribution < 1.29 is 17.9 Å². The second-order valence-corrected chi connectivity index (χ2v) is 9.52. The van der Waals surface area contributed by atoms with Crippen molar-refractivity contribution in [2.24, 2.45) is 11.3 Å². The van der Waals surface area contributed by atoms with E-state index in [9.17, 15) is 13.2 Å². The maximum Gasteiger partial charge on any atom is 0.244 e. The summed E-state index contributed by atoms with van der Waals surface area (Å²) in [5.74, 6) is -0.535. The summed E-state index contributed by atoms with van der Waals surface area (Å²) in [7, 11) is -3.71. The van der Waals surface area contributed by atoms with Gasteiger partial charge in [0, 0.05) is 63.1 Å². The van der Waals surface area contributed by atoms with Crippen molar-refractivity contribution in [3.05, 3.63) is 54.6 Å². The molecular weight excluding hydrogens is 392 g/mol. The monoisotopic (exact) mass is 416 g/mol. The number of rotatable bonds is 5. The molecule has 2 aromatic heterocycles. The minimum absolute atomic E-state index is 0.118. The number of ether oxygens (including phenoxy) is 1. The molecule has 2 fully saturated rings. The second-order valence-electron chi connectivity index (χ2n) is 7.59. The maximum atomic E-state index is 13.1. The van der Waals surface area contributed by atoms with Crippen molar-refractivity contribution in [1.29, 1.82) is 0 Å². The van der Waals surface area contributed by atoms with Gasteiger partial charge in [-0.1, -0.05) is 0 Å². The highest BCUT2D eigenvalue weighted by atomic mass is 32.2. The molecule has 2 saturated heterocycles. The molecule has 1 amide bonds. The predicted molar refractivity (Wildman–Crippen MR) is 105 cm³/mol. The number of amides is 1. The molecule has 29 heavy (non-hydrogen) atoms. The average molecular weight is 417 g/mol. The van der Waals surface area contributed by atoms with Crippen molar-refractivity contribution in [2.75, 3.05) is 26.3 Å². The van der Waals surface area contributed by atoms with Gasteiger partial charge in [0.15, 0.2) is 0 Å². The Morgan fingerprint density at radius 1 is 1.17 bits per heavy atom. The van der Waals surface area contributed by atoms with Crippen LogP contribution in [0.4, 0.5) is 0 Å². The van der Waals surface area contributed by atoms with Gasteiger partial charge < -0.3 is 10.1 Å². The lowest BCUT2D eigenvalue weighted by Gasteiger charge is -2.37. The van der Waals surface area contributed by atoms with Crippen LogP contribution in [0, 0.1) is 11.3 Å². The minimum atomic E-state index is -3.71. The van der Waals surface area contributed by atoms with Crippen molar-refractivity contribution in [3.63, 3.8) is 0 Å². The Labute approximate surface area is 170 Å². The van der Waals surface area contributed by atoms with E-state index >= 15 is 0 Å². The SMILES string of the molecule is O=C(NCc1ccncc1)C1CN(S(=O)(=O)c2cccnc2)CC12CCOCC2. The number of nitrogens with one attached hydrogen (secondary N) is 1. The molecule has 0 bridgehead atoms. The number of carbonyl (C=O) groups is 1. The van der Waals surface area contributed by atoms with Gasteiger partial charge in [-0.2, -0.15) is 4.31 Å². The highest BCUT2D eigenvalue weighted by Crippen LogP contribution is 2.46. The molecule has 1 spiro atoms. The zero-order chi connectivity index (χ0) is 20.3. The number of nitrogens with zero attached hydrogens (tertiary/aromatic N) is 3. The highest BCUT2D eigenvalue weighted by Gasteiger charge is 2.53. The molecule has 1 N–H and O–H groups in total. The van der Waals surface area contributed by atoms with E-state index in [-0.39, 0.29) is 17.3 Å². The van der Waals surface area contributed by atoms with Crippen LogP contribution < -0.4 is 5.32 Å². The second kappa shape index (κ2) is 8.17. The summed E-state index contributed by atoms with van der Waals surface area (Å²) in [6, 6.07) is 6.83. The molecular formula is C20H24N4O4S. The Morgan fingerprint density at radius 3 is 2.62 bits per heavy atom. The lowest BCUT2D eigenvalue weighted by atomic mass is 9.72. The lowest BCUT2D eigenvalue weighted by molar-refractivity contribution is -0.130. The van der Waals surface area contributed by atoms with Gasteiger partial charge in [-0.15, -0.1) is 0 Å². The first-order chi connectivity index (χ1) is 14.0.